The Labute approximate surface area is 57.3 Å². The lowest BCUT2D eigenvalue weighted by molar-refractivity contribution is 0.356. The van der Waals surface area contributed by atoms with E-state index in [1.54, 1.807) is 0 Å². The van der Waals surface area contributed by atoms with Gasteiger partial charge < -0.3 is 4.85 Å². The van der Waals surface area contributed by atoms with Crippen molar-refractivity contribution in [3.63, 3.8) is 0 Å². The molecule has 0 atom stereocenters. The lowest BCUT2D eigenvalue weighted by Crippen LogP contribution is -2.21. The first-order valence-electron chi connectivity index (χ1n) is 3.03. The first kappa shape index (κ1) is 8.45. The van der Waals surface area contributed by atoms with Crippen LogP contribution >= 0.6 is 0 Å². The monoisotopic (exact) mass is 124 g/mol. The molecule has 0 aliphatic carbocycles. The molecule has 0 aromatic heterocycles. The molecule has 0 aromatic rings. The summed E-state index contributed by atoms with van der Waals surface area (Å²) in [5.74, 6) is 0. The van der Waals surface area contributed by atoms with Crippen LogP contribution < -0.4 is 0 Å². The Morgan fingerprint density at radius 2 is 2.22 bits per heavy atom. The summed E-state index contributed by atoms with van der Waals surface area (Å²) in [5, 5.41) is 0. The second-order valence-corrected chi connectivity index (χ2v) is 1.97. The number of rotatable bonds is 4. The zero-order valence-corrected chi connectivity index (χ0v) is 5.80. The summed E-state index contributed by atoms with van der Waals surface area (Å²) in [6, 6.07) is 0. The van der Waals surface area contributed by atoms with Crippen LogP contribution in [0, 0.1) is 13.5 Å². The van der Waals surface area contributed by atoms with E-state index in [1.807, 2.05) is 7.05 Å². The fraction of sp³-hybridized carbons (Fsp3) is 0.714. The molecule has 0 aliphatic heterocycles. The molecule has 2 radical (unpaired) electrons. The zero-order valence-electron chi connectivity index (χ0n) is 5.80. The van der Waals surface area contributed by atoms with Crippen molar-refractivity contribution in [1.29, 1.82) is 0 Å². The molecule has 9 heavy (non-hydrogen) atoms. The SMILES string of the molecule is [C-]#[N+]CCN(C)CC[CH]. The second kappa shape index (κ2) is 5.58. The molecule has 0 heterocycles. The average Bonchev–Trinajstić information content (AvgIpc) is 1.85. The Morgan fingerprint density at radius 3 is 2.67 bits per heavy atom. The highest BCUT2D eigenvalue weighted by Crippen LogP contribution is 1.84. The average molecular weight is 124 g/mol. The Bertz CT molecular complexity index is 93.6. The molecule has 0 bridgehead atoms. The Balaban J connectivity index is 3.07. The molecule has 0 unspecified atom stereocenters. The third-order valence-electron chi connectivity index (χ3n) is 1.10. The lowest BCUT2D eigenvalue weighted by atomic mass is 10.4. The fourth-order valence-corrected chi connectivity index (χ4v) is 0.553. The molecule has 0 saturated carbocycles. The van der Waals surface area contributed by atoms with Gasteiger partial charge in [-0.05, 0) is 26.9 Å². The highest BCUT2D eigenvalue weighted by molar-refractivity contribution is 4.62. The van der Waals surface area contributed by atoms with Gasteiger partial charge in [-0.25, -0.2) is 6.57 Å². The molecule has 2 heteroatoms. The summed E-state index contributed by atoms with van der Waals surface area (Å²) < 4.78 is 0. The molecule has 2 nitrogen and oxygen atoms in total. The number of nitrogens with zero attached hydrogens (tertiary/aromatic N) is 2. The number of likely N-dealkylation sites (N-methyl/N-ethyl adjacent to an activating group) is 1. The van der Waals surface area contributed by atoms with Gasteiger partial charge in [-0.1, -0.05) is 0 Å². The van der Waals surface area contributed by atoms with Crippen molar-refractivity contribution in [3.8, 4) is 0 Å². The van der Waals surface area contributed by atoms with Crippen molar-refractivity contribution in [3.05, 3.63) is 18.3 Å². The topological polar surface area (TPSA) is 7.60 Å². The van der Waals surface area contributed by atoms with Gasteiger partial charge in [-0.3, -0.25) is 4.90 Å². The van der Waals surface area contributed by atoms with E-state index in [-0.39, 0.29) is 0 Å². The molecular formula is C7H12N2. The molecule has 0 fully saturated rings. The minimum atomic E-state index is 0.580. The van der Waals surface area contributed by atoms with Gasteiger partial charge in [-0.15, -0.1) is 0 Å². The predicted octanol–water partition coefficient (Wildman–Crippen LogP) is 0.939. The molecule has 0 spiro atoms. The lowest BCUT2D eigenvalue weighted by Gasteiger charge is -2.10. The minimum absolute atomic E-state index is 0.580. The van der Waals surface area contributed by atoms with Crippen LogP contribution in [0.3, 0.4) is 0 Å². The van der Waals surface area contributed by atoms with Crippen molar-refractivity contribution in [2.75, 3.05) is 26.7 Å². The third-order valence-corrected chi connectivity index (χ3v) is 1.10. The third kappa shape index (κ3) is 5.32. The summed E-state index contributed by atoms with van der Waals surface area (Å²) in [4.78, 5) is 5.28. The minimum Gasteiger partial charge on any atom is -0.316 e. The van der Waals surface area contributed by atoms with Gasteiger partial charge in [0.05, 0.1) is 6.54 Å². The Morgan fingerprint density at radius 1 is 1.56 bits per heavy atom. The van der Waals surface area contributed by atoms with Gasteiger partial charge in [0.15, 0.2) is 0 Å². The smallest absolute Gasteiger partial charge is 0.227 e. The second-order valence-electron chi connectivity index (χ2n) is 1.97. The summed E-state index contributed by atoms with van der Waals surface area (Å²) in [5.41, 5.74) is 0. The quantitative estimate of drug-likeness (QED) is 0.506. The van der Waals surface area contributed by atoms with Gasteiger partial charge in [0.1, 0.15) is 0 Å². The van der Waals surface area contributed by atoms with Crippen LogP contribution in [-0.4, -0.2) is 31.6 Å². The first-order chi connectivity index (χ1) is 4.31. The van der Waals surface area contributed by atoms with Crippen molar-refractivity contribution < 1.29 is 0 Å². The summed E-state index contributed by atoms with van der Waals surface area (Å²) in [6.07, 6.45) is 0.675. The van der Waals surface area contributed by atoms with E-state index < -0.39 is 0 Å². The molecule has 0 aromatic carbocycles. The van der Waals surface area contributed by atoms with Gasteiger partial charge >= 0.3 is 0 Å². The van der Waals surface area contributed by atoms with Crippen molar-refractivity contribution in [2.24, 2.45) is 0 Å². The summed E-state index contributed by atoms with van der Waals surface area (Å²) in [6.45, 7) is 14.1. The van der Waals surface area contributed by atoms with Crippen molar-refractivity contribution in [2.45, 2.75) is 6.42 Å². The number of hydrogen-bond donors (Lipinski definition) is 0. The van der Waals surface area contributed by atoms with Crippen LogP contribution in [0.15, 0.2) is 0 Å². The van der Waals surface area contributed by atoms with Crippen molar-refractivity contribution in [1.82, 2.24) is 4.90 Å². The van der Waals surface area contributed by atoms with E-state index in [2.05, 4.69) is 9.74 Å². The normalized spacial score (nSPS) is 9.56. The van der Waals surface area contributed by atoms with E-state index in [1.165, 1.54) is 0 Å². The van der Waals surface area contributed by atoms with Crippen LogP contribution in [0.25, 0.3) is 4.85 Å². The maximum Gasteiger partial charge on any atom is 0.227 e. The van der Waals surface area contributed by atoms with E-state index in [9.17, 15) is 0 Å². The molecule has 50 valence electrons. The number of hydrogen-bond acceptors (Lipinski definition) is 1. The van der Waals surface area contributed by atoms with Crippen LogP contribution in [0.2, 0.25) is 0 Å². The van der Waals surface area contributed by atoms with Gasteiger partial charge in [0, 0.05) is 0 Å². The van der Waals surface area contributed by atoms with Crippen molar-refractivity contribution >= 4 is 0 Å². The van der Waals surface area contributed by atoms with E-state index in [4.69, 9.17) is 13.5 Å². The highest BCUT2D eigenvalue weighted by Gasteiger charge is 1.95. The van der Waals surface area contributed by atoms with Gasteiger partial charge in [0.2, 0.25) is 6.54 Å². The molecule has 0 rings (SSSR count). The first-order valence-corrected chi connectivity index (χ1v) is 3.03. The zero-order chi connectivity index (χ0) is 7.11. The van der Waals surface area contributed by atoms with E-state index in [0.717, 1.165) is 13.1 Å². The van der Waals surface area contributed by atoms with Crippen LogP contribution in [0.4, 0.5) is 0 Å². The fourth-order valence-electron chi connectivity index (χ4n) is 0.553. The molecule has 0 amide bonds. The van der Waals surface area contributed by atoms with Gasteiger partial charge in [-0.2, -0.15) is 0 Å². The van der Waals surface area contributed by atoms with E-state index in [0.29, 0.717) is 13.0 Å². The summed E-state index contributed by atoms with van der Waals surface area (Å²) >= 11 is 0. The molecule has 0 N–H and O–H groups in total. The largest absolute Gasteiger partial charge is 0.316 e. The van der Waals surface area contributed by atoms with Gasteiger partial charge in [0.25, 0.3) is 0 Å². The maximum absolute atomic E-state index is 6.50. The Hall–Kier alpha value is -0.550. The van der Waals surface area contributed by atoms with Crippen LogP contribution in [0.5, 0.6) is 0 Å². The van der Waals surface area contributed by atoms with Crippen LogP contribution in [-0.2, 0) is 0 Å². The highest BCUT2D eigenvalue weighted by atomic mass is 15.1. The Kier molecular flexibility index (Phi) is 5.24. The van der Waals surface area contributed by atoms with E-state index >= 15 is 0 Å². The van der Waals surface area contributed by atoms with Crippen LogP contribution in [0.1, 0.15) is 6.42 Å². The standard InChI is InChI=1S/C7H12N2/c1-4-6-9(3)7-5-8-2/h1H,4-7H2,3H3. The maximum atomic E-state index is 6.50. The molecule has 0 saturated heterocycles. The predicted molar refractivity (Wildman–Crippen MR) is 37.9 cm³/mol. The molecule has 0 aliphatic rings. The summed E-state index contributed by atoms with van der Waals surface area (Å²) in [7, 11) is 1.97. The molecular weight excluding hydrogens is 112 g/mol.